The number of H-pyrrole nitrogens is 1. The fraction of sp³-hybridized carbons (Fsp3) is 0.217. The van der Waals surface area contributed by atoms with Crippen LogP contribution in [0, 0.1) is 0 Å². The molecular formula is C23H23N3O2. The second kappa shape index (κ2) is 8.13. The van der Waals surface area contributed by atoms with Crippen LogP contribution in [0.15, 0.2) is 73.1 Å². The predicted molar refractivity (Wildman–Crippen MR) is 109 cm³/mol. The zero-order valence-electron chi connectivity index (χ0n) is 15.7. The average Bonchev–Trinajstić information content (AvgIpc) is 3.29. The van der Waals surface area contributed by atoms with Crippen molar-refractivity contribution in [3.63, 3.8) is 0 Å². The number of rotatable bonds is 4. The van der Waals surface area contributed by atoms with E-state index in [4.69, 9.17) is 0 Å². The second-order valence-corrected chi connectivity index (χ2v) is 7.01. The first-order valence-electron chi connectivity index (χ1n) is 9.55. The molecule has 1 N–H and O–H groups in total. The molecule has 0 unspecified atom stereocenters. The fourth-order valence-electron chi connectivity index (χ4n) is 3.53. The van der Waals surface area contributed by atoms with E-state index in [0.29, 0.717) is 38.2 Å². The summed E-state index contributed by atoms with van der Waals surface area (Å²) in [6.07, 6.45) is 3.84. The molecule has 5 nitrogen and oxygen atoms in total. The highest BCUT2D eigenvalue weighted by atomic mass is 16.2. The Morgan fingerprint density at radius 1 is 0.786 bits per heavy atom. The van der Waals surface area contributed by atoms with Crippen LogP contribution in [0.3, 0.4) is 0 Å². The van der Waals surface area contributed by atoms with Gasteiger partial charge in [0, 0.05) is 38.6 Å². The Hall–Kier alpha value is -3.34. The fourth-order valence-corrected chi connectivity index (χ4v) is 3.53. The number of hydrogen-bond acceptors (Lipinski definition) is 2. The minimum Gasteiger partial charge on any atom is -0.367 e. The molecule has 0 aliphatic carbocycles. The van der Waals surface area contributed by atoms with Crippen molar-refractivity contribution in [2.24, 2.45) is 0 Å². The molecule has 2 aromatic carbocycles. The number of benzene rings is 2. The minimum atomic E-state index is 0.0184. The Kier molecular flexibility index (Phi) is 5.24. The number of amides is 2. The van der Waals surface area contributed by atoms with Crippen LogP contribution in [-0.4, -0.2) is 52.8 Å². The summed E-state index contributed by atoms with van der Waals surface area (Å²) in [6.45, 7) is 2.31. The smallest absolute Gasteiger partial charge is 0.255 e. The topological polar surface area (TPSA) is 56.4 Å². The molecule has 0 saturated carbocycles. The first-order chi connectivity index (χ1) is 13.7. The van der Waals surface area contributed by atoms with Gasteiger partial charge in [-0.15, -0.1) is 0 Å². The Balaban J connectivity index is 1.32. The maximum absolute atomic E-state index is 12.6. The molecule has 2 heterocycles. The normalized spacial score (nSPS) is 14.1. The summed E-state index contributed by atoms with van der Waals surface area (Å²) < 4.78 is 0. The monoisotopic (exact) mass is 373 g/mol. The van der Waals surface area contributed by atoms with Gasteiger partial charge in [0.05, 0.1) is 12.0 Å². The van der Waals surface area contributed by atoms with Crippen LogP contribution in [0.2, 0.25) is 0 Å². The first kappa shape index (κ1) is 18.0. The van der Waals surface area contributed by atoms with Gasteiger partial charge in [0.15, 0.2) is 0 Å². The van der Waals surface area contributed by atoms with Gasteiger partial charge in [0.1, 0.15) is 0 Å². The van der Waals surface area contributed by atoms with E-state index in [1.165, 1.54) is 5.56 Å². The molecule has 3 aromatic rings. The van der Waals surface area contributed by atoms with Gasteiger partial charge in [-0.2, -0.15) is 0 Å². The summed E-state index contributed by atoms with van der Waals surface area (Å²) in [6, 6.07) is 20.1. The molecule has 5 heteroatoms. The highest BCUT2D eigenvalue weighted by Gasteiger charge is 2.24. The number of carbonyl (C=O) groups excluding carboxylic acids is 2. The van der Waals surface area contributed by atoms with E-state index < -0.39 is 0 Å². The van der Waals surface area contributed by atoms with Crippen LogP contribution in [0.1, 0.15) is 15.9 Å². The van der Waals surface area contributed by atoms with Crippen molar-refractivity contribution in [3.05, 3.63) is 84.2 Å². The lowest BCUT2D eigenvalue weighted by Crippen LogP contribution is -2.50. The SMILES string of the molecule is O=C(Cc1ccc(-c2ccccc2)cc1)N1CCN(C(=O)c2cc[nH]c2)CC1. The van der Waals surface area contributed by atoms with Crippen molar-refractivity contribution in [2.45, 2.75) is 6.42 Å². The van der Waals surface area contributed by atoms with E-state index in [-0.39, 0.29) is 11.8 Å². The molecule has 28 heavy (non-hydrogen) atoms. The van der Waals surface area contributed by atoms with E-state index in [1.54, 1.807) is 18.5 Å². The summed E-state index contributed by atoms with van der Waals surface area (Å²) in [4.78, 5) is 31.6. The van der Waals surface area contributed by atoms with Gasteiger partial charge in [-0.25, -0.2) is 0 Å². The average molecular weight is 373 g/mol. The van der Waals surface area contributed by atoms with Crippen LogP contribution in [0.4, 0.5) is 0 Å². The minimum absolute atomic E-state index is 0.0184. The molecule has 0 radical (unpaired) electrons. The van der Waals surface area contributed by atoms with Crippen LogP contribution in [-0.2, 0) is 11.2 Å². The number of nitrogens with zero attached hydrogens (tertiary/aromatic N) is 2. The van der Waals surface area contributed by atoms with E-state index in [0.717, 1.165) is 11.1 Å². The molecular weight excluding hydrogens is 350 g/mol. The van der Waals surface area contributed by atoms with Gasteiger partial charge in [0.2, 0.25) is 5.91 Å². The van der Waals surface area contributed by atoms with Gasteiger partial charge in [0.25, 0.3) is 5.91 Å². The zero-order valence-corrected chi connectivity index (χ0v) is 15.7. The van der Waals surface area contributed by atoms with Crippen molar-refractivity contribution in [2.75, 3.05) is 26.2 Å². The van der Waals surface area contributed by atoms with E-state index in [2.05, 4.69) is 29.2 Å². The summed E-state index contributed by atoms with van der Waals surface area (Å²) in [5, 5.41) is 0. The highest BCUT2D eigenvalue weighted by molar-refractivity contribution is 5.94. The summed E-state index contributed by atoms with van der Waals surface area (Å²) >= 11 is 0. The highest BCUT2D eigenvalue weighted by Crippen LogP contribution is 2.20. The maximum atomic E-state index is 12.6. The summed E-state index contributed by atoms with van der Waals surface area (Å²) in [5.74, 6) is 0.131. The van der Waals surface area contributed by atoms with Crippen molar-refractivity contribution >= 4 is 11.8 Å². The van der Waals surface area contributed by atoms with Crippen LogP contribution >= 0.6 is 0 Å². The molecule has 1 saturated heterocycles. The Morgan fingerprint density at radius 2 is 1.43 bits per heavy atom. The third-order valence-electron chi connectivity index (χ3n) is 5.18. The molecule has 1 fully saturated rings. The third-order valence-corrected chi connectivity index (χ3v) is 5.18. The summed E-state index contributed by atoms with van der Waals surface area (Å²) in [5.41, 5.74) is 3.99. The number of aromatic amines is 1. The molecule has 2 amide bonds. The Morgan fingerprint density at radius 3 is 2.07 bits per heavy atom. The largest absolute Gasteiger partial charge is 0.367 e. The standard InChI is InChI=1S/C23H23N3O2/c27-22(16-18-6-8-20(9-7-18)19-4-2-1-3-5-19)25-12-14-26(15-13-25)23(28)21-10-11-24-17-21/h1-11,17,24H,12-16H2. The lowest BCUT2D eigenvalue weighted by molar-refractivity contribution is -0.131. The number of nitrogens with one attached hydrogen (secondary N) is 1. The van der Waals surface area contributed by atoms with Crippen LogP contribution < -0.4 is 0 Å². The van der Waals surface area contributed by atoms with E-state index in [1.807, 2.05) is 40.1 Å². The molecule has 0 bridgehead atoms. The van der Waals surface area contributed by atoms with Crippen molar-refractivity contribution in [3.8, 4) is 11.1 Å². The van der Waals surface area contributed by atoms with E-state index >= 15 is 0 Å². The Bertz CT molecular complexity index is 926. The molecule has 142 valence electrons. The molecule has 1 aliphatic heterocycles. The van der Waals surface area contributed by atoms with Crippen molar-refractivity contribution in [1.29, 1.82) is 0 Å². The molecule has 4 rings (SSSR count). The summed E-state index contributed by atoms with van der Waals surface area (Å²) in [7, 11) is 0. The molecule has 0 spiro atoms. The lowest BCUT2D eigenvalue weighted by Gasteiger charge is -2.34. The first-order valence-corrected chi connectivity index (χ1v) is 9.55. The molecule has 1 aromatic heterocycles. The van der Waals surface area contributed by atoms with Gasteiger partial charge >= 0.3 is 0 Å². The number of piperazine rings is 1. The van der Waals surface area contributed by atoms with Gasteiger partial charge < -0.3 is 14.8 Å². The zero-order chi connectivity index (χ0) is 19.3. The number of aromatic nitrogens is 1. The predicted octanol–water partition coefficient (Wildman–Crippen LogP) is 3.21. The lowest BCUT2D eigenvalue weighted by atomic mass is 10.0. The molecule has 1 aliphatic rings. The number of hydrogen-bond donors (Lipinski definition) is 1. The quantitative estimate of drug-likeness (QED) is 0.763. The van der Waals surface area contributed by atoms with Gasteiger partial charge in [-0.1, -0.05) is 54.6 Å². The van der Waals surface area contributed by atoms with E-state index in [9.17, 15) is 9.59 Å². The van der Waals surface area contributed by atoms with Crippen LogP contribution in [0.5, 0.6) is 0 Å². The Labute approximate surface area is 164 Å². The van der Waals surface area contributed by atoms with Crippen molar-refractivity contribution < 1.29 is 9.59 Å². The number of carbonyl (C=O) groups is 2. The van der Waals surface area contributed by atoms with Crippen LogP contribution in [0.25, 0.3) is 11.1 Å². The van der Waals surface area contributed by atoms with Crippen molar-refractivity contribution in [1.82, 2.24) is 14.8 Å². The van der Waals surface area contributed by atoms with Gasteiger partial charge in [-0.05, 0) is 22.8 Å². The maximum Gasteiger partial charge on any atom is 0.255 e. The van der Waals surface area contributed by atoms with Gasteiger partial charge in [-0.3, -0.25) is 9.59 Å². The second-order valence-electron chi connectivity index (χ2n) is 7.01. The molecule has 0 atom stereocenters. The third kappa shape index (κ3) is 3.98.